The number of quaternary nitrogens is 1. The number of halogens is 1. The van der Waals surface area contributed by atoms with Gasteiger partial charge in [-0.15, -0.1) is 22.7 Å². The summed E-state index contributed by atoms with van der Waals surface area (Å²) in [6, 6.07) is 14.5. The van der Waals surface area contributed by atoms with Crippen molar-refractivity contribution < 1.29 is 55.1 Å². The first-order chi connectivity index (χ1) is 18.2. The number of aliphatic hydroxyl groups is 1. The van der Waals surface area contributed by atoms with Gasteiger partial charge in [0.1, 0.15) is 47.6 Å². The number of hydrogen-bond donors (Lipinski definition) is 1. The van der Waals surface area contributed by atoms with Gasteiger partial charge in [-0.05, 0) is 41.3 Å². The molecule has 0 aliphatic carbocycles. The molecule has 3 aliphatic rings. The van der Waals surface area contributed by atoms with E-state index >= 15 is 0 Å². The minimum atomic E-state index is -2.01. The predicted octanol–water partition coefficient (Wildman–Crippen LogP) is 0.715. The standard InChI is InChI=1S/C28H30NO7S2.BrH/c1-29(2)19-13-18(14-20(29)25-24(19)36-25)35-27(31)28(32,22-5-4-12-37-22)23-11-10-21(38-23)26(30)34-15-16-6-8-17(33-3)9-7-16;/h4-12,18-20,24-25,32H,13-15H2,1-3H3;1H/q+1;/p-1/t18?,19-,20+,24-,25+,28?;. The Balaban J connectivity index is 0.00000308. The zero-order valence-electron chi connectivity index (χ0n) is 21.7. The van der Waals surface area contributed by atoms with E-state index in [2.05, 4.69) is 14.1 Å². The summed E-state index contributed by atoms with van der Waals surface area (Å²) in [7, 11) is 6.02. The Bertz CT molecular complexity index is 1320. The summed E-state index contributed by atoms with van der Waals surface area (Å²) in [5.41, 5.74) is -1.19. The number of ether oxygens (including phenoxy) is 4. The highest BCUT2D eigenvalue weighted by molar-refractivity contribution is 7.14. The molecule has 3 fully saturated rings. The van der Waals surface area contributed by atoms with Crippen molar-refractivity contribution in [2.75, 3.05) is 21.2 Å². The molecule has 0 radical (unpaired) electrons. The maximum absolute atomic E-state index is 13.6. The molecule has 0 amide bonds. The molecule has 2 bridgehead atoms. The first-order valence-electron chi connectivity index (χ1n) is 12.6. The minimum absolute atomic E-state index is 0. The number of morpholine rings is 1. The fourth-order valence-electron chi connectivity index (χ4n) is 5.93. The Labute approximate surface area is 245 Å². The van der Waals surface area contributed by atoms with E-state index in [0.717, 1.165) is 27.1 Å². The lowest BCUT2D eigenvalue weighted by Gasteiger charge is -2.45. The maximum Gasteiger partial charge on any atom is 0.349 e. The Morgan fingerprint density at radius 3 is 2.36 bits per heavy atom. The van der Waals surface area contributed by atoms with Gasteiger partial charge in [-0.3, -0.25) is 0 Å². The van der Waals surface area contributed by atoms with E-state index in [1.165, 1.54) is 11.3 Å². The van der Waals surface area contributed by atoms with Gasteiger partial charge in [0.15, 0.2) is 0 Å². The lowest BCUT2D eigenvalue weighted by atomic mass is 9.95. The number of esters is 2. The van der Waals surface area contributed by atoms with E-state index in [-0.39, 0.29) is 54.0 Å². The summed E-state index contributed by atoms with van der Waals surface area (Å²) in [5.74, 6) is -0.523. The molecule has 3 aliphatic heterocycles. The largest absolute Gasteiger partial charge is 1.00 e. The number of nitrogens with zero attached hydrogens (tertiary/aromatic N) is 1. The summed E-state index contributed by atoms with van der Waals surface area (Å²) < 4.78 is 23.3. The number of likely N-dealkylation sites (N-methyl/N-ethyl adjacent to an activating group) is 1. The molecule has 8 nitrogen and oxygen atoms in total. The van der Waals surface area contributed by atoms with Crippen molar-refractivity contribution in [2.45, 2.75) is 55.4 Å². The van der Waals surface area contributed by atoms with Crippen molar-refractivity contribution >= 4 is 34.6 Å². The summed E-state index contributed by atoms with van der Waals surface area (Å²) in [4.78, 5) is 27.5. The number of thiophene rings is 2. The SMILES string of the molecule is COc1ccc(COC(=O)c2ccc(C(O)(C(=O)OC3C[C@@H]4[C@H]5O[C@H]5[C@H](C3)[N+]4(C)C)c3cccs3)s2)cc1.[Br-]. The smallest absolute Gasteiger partial charge is 0.349 e. The van der Waals surface area contributed by atoms with Crippen molar-refractivity contribution in [1.29, 1.82) is 0 Å². The summed E-state index contributed by atoms with van der Waals surface area (Å²) in [6.45, 7) is 0.0951. The number of piperidine rings is 1. The van der Waals surface area contributed by atoms with Crippen molar-refractivity contribution in [3.8, 4) is 5.75 Å². The third-order valence-electron chi connectivity index (χ3n) is 8.18. The van der Waals surface area contributed by atoms with E-state index in [0.29, 0.717) is 27.5 Å². The molecule has 39 heavy (non-hydrogen) atoms. The number of carbonyl (C=O) groups excluding carboxylic acids is 2. The summed E-state index contributed by atoms with van der Waals surface area (Å²) in [6.07, 6.45) is 1.58. The van der Waals surface area contributed by atoms with Crippen LogP contribution < -0.4 is 21.7 Å². The number of benzene rings is 1. The van der Waals surface area contributed by atoms with Gasteiger partial charge in [0.25, 0.3) is 0 Å². The molecule has 2 aromatic heterocycles. The molecule has 6 rings (SSSR count). The Kier molecular flexibility index (Phi) is 7.68. The second-order valence-electron chi connectivity index (χ2n) is 10.6. The first kappa shape index (κ1) is 28.3. The highest BCUT2D eigenvalue weighted by Gasteiger charge is 2.71. The number of methoxy groups -OCH3 is 1. The number of epoxide rings is 1. The normalized spacial score (nSPS) is 27.4. The summed E-state index contributed by atoms with van der Waals surface area (Å²) in [5, 5.41) is 13.7. The van der Waals surface area contributed by atoms with Gasteiger partial charge < -0.3 is 45.5 Å². The molecule has 3 saturated heterocycles. The maximum atomic E-state index is 13.6. The van der Waals surface area contributed by atoms with Gasteiger partial charge in [-0.2, -0.15) is 0 Å². The quantitative estimate of drug-likeness (QED) is 0.221. The molecule has 5 heterocycles. The zero-order valence-corrected chi connectivity index (χ0v) is 25.0. The van der Waals surface area contributed by atoms with Crippen LogP contribution in [0.5, 0.6) is 5.75 Å². The van der Waals surface area contributed by atoms with Crippen LogP contribution in [0.15, 0.2) is 53.9 Å². The molecule has 6 atom stereocenters. The fraction of sp³-hybridized carbons (Fsp3) is 0.429. The van der Waals surface area contributed by atoms with Crippen LogP contribution in [-0.2, 0) is 31.2 Å². The van der Waals surface area contributed by atoms with Crippen LogP contribution in [-0.4, -0.2) is 73.1 Å². The monoisotopic (exact) mass is 635 g/mol. The summed E-state index contributed by atoms with van der Waals surface area (Å²) >= 11 is 2.31. The van der Waals surface area contributed by atoms with E-state index in [1.54, 1.807) is 48.9 Å². The lowest BCUT2D eigenvalue weighted by molar-refractivity contribution is -0.938. The number of hydrogen-bond acceptors (Lipinski definition) is 9. The highest BCUT2D eigenvalue weighted by atomic mass is 79.9. The third kappa shape index (κ3) is 4.93. The number of rotatable bonds is 8. The second kappa shape index (κ2) is 10.6. The van der Waals surface area contributed by atoms with Crippen molar-refractivity contribution in [3.63, 3.8) is 0 Å². The van der Waals surface area contributed by atoms with E-state index in [9.17, 15) is 14.7 Å². The molecule has 0 spiro atoms. The fourth-order valence-corrected chi connectivity index (χ4v) is 7.81. The van der Waals surface area contributed by atoms with E-state index < -0.39 is 17.5 Å². The molecule has 2 unspecified atom stereocenters. The molecule has 3 aromatic rings. The van der Waals surface area contributed by atoms with Crippen LogP contribution in [0.4, 0.5) is 0 Å². The molecular formula is C28H30BrNO7S2. The Morgan fingerprint density at radius 2 is 1.74 bits per heavy atom. The van der Waals surface area contributed by atoms with E-state index in [1.807, 2.05) is 12.1 Å². The average Bonchev–Trinajstić information content (AvgIpc) is 3.21. The van der Waals surface area contributed by atoms with Crippen molar-refractivity contribution in [1.82, 2.24) is 0 Å². The van der Waals surface area contributed by atoms with Gasteiger partial charge in [0, 0.05) is 12.8 Å². The van der Waals surface area contributed by atoms with Gasteiger partial charge in [-0.1, -0.05) is 18.2 Å². The van der Waals surface area contributed by atoms with Crippen LogP contribution in [0.3, 0.4) is 0 Å². The molecule has 11 heteroatoms. The van der Waals surface area contributed by atoms with Crippen LogP contribution >= 0.6 is 22.7 Å². The topological polar surface area (TPSA) is 94.6 Å². The molecule has 1 N–H and O–H groups in total. The Hall–Kier alpha value is -2.28. The second-order valence-corrected chi connectivity index (χ2v) is 12.6. The van der Waals surface area contributed by atoms with Crippen LogP contribution in [0.2, 0.25) is 0 Å². The van der Waals surface area contributed by atoms with Crippen molar-refractivity contribution in [2.24, 2.45) is 0 Å². The van der Waals surface area contributed by atoms with Crippen LogP contribution in [0, 0.1) is 0 Å². The van der Waals surface area contributed by atoms with Gasteiger partial charge >= 0.3 is 11.9 Å². The first-order valence-corrected chi connectivity index (χ1v) is 14.3. The average molecular weight is 637 g/mol. The number of carbonyl (C=O) groups is 2. The van der Waals surface area contributed by atoms with Crippen molar-refractivity contribution in [3.05, 3.63) is 74.1 Å². The lowest BCUT2D eigenvalue weighted by Crippen LogP contribution is -3.00. The number of fused-ring (bicyclic) bond motifs is 5. The minimum Gasteiger partial charge on any atom is -1.00 e. The van der Waals surface area contributed by atoms with Gasteiger partial charge in [0.05, 0.1) is 31.0 Å². The molecular weight excluding hydrogens is 606 g/mol. The predicted molar refractivity (Wildman–Crippen MR) is 141 cm³/mol. The van der Waals surface area contributed by atoms with Crippen LogP contribution in [0.1, 0.15) is 37.8 Å². The molecule has 0 saturated carbocycles. The third-order valence-corrected chi connectivity index (χ3v) is 10.3. The zero-order chi connectivity index (χ0) is 26.7. The van der Waals surface area contributed by atoms with Gasteiger partial charge in [-0.25, -0.2) is 9.59 Å². The van der Waals surface area contributed by atoms with Crippen LogP contribution in [0.25, 0.3) is 0 Å². The molecule has 208 valence electrons. The Morgan fingerprint density at radius 1 is 1.05 bits per heavy atom. The van der Waals surface area contributed by atoms with Gasteiger partial charge in [0.2, 0.25) is 5.60 Å². The van der Waals surface area contributed by atoms with E-state index in [4.69, 9.17) is 18.9 Å². The molecule has 1 aromatic carbocycles. The highest BCUT2D eigenvalue weighted by Crippen LogP contribution is 2.52.